The van der Waals surface area contributed by atoms with E-state index in [2.05, 4.69) is 121 Å². The lowest BCUT2D eigenvalue weighted by molar-refractivity contribution is 0.104. The second-order valence-corrected chi connectivity index (χ2v) is 12.9. The molecule has 10 rings (SSSR count). The molecular formula is C41H40N6O3. The standard InChI is InChI=1S/C20H19N3O.C20H17N3O.CH4O/c2*1-13-21-22-20-12-24-11-18-16(7-4-8-19(18)23(13)20)17-10-9-14-5-2-3-6-15(14)17;1-2/h2-8,17H,9-12H2,1H3;2-8,10H,9,11-12H2,1H3;2H,1H3. The van der Waals surface area contributed by atoms with Crippen molar-refractivity contribution in [3.63, 3.8) is 0 Å². The Morgan fingerprint density at radius 2 is 1.18 bits per heavy atom. The van der Waals surface area contributed by atoms with Gasteiger partial charge in [-0.1, -0.05) is 78.9 Å². The third-order valence-electron chi connectivity index (χ3n) is 10.2. The first-order valence-electron chi connectivity index (χ1n) is 17.2. The predicted octanol–water partition coefficient (Wildman–Crippen LogP) is 6.89. The maximum absolute atomic E-state index is 7.00. The first kappa shape index (κ1) is 32.0. The third-order valence-corrected chi connectivity index (χ3v) is 10.2. The van der Waals surface area contributed by atoms with Gasteiger partial charge in [-0.05, 0) is 84.2 Å². The van der Waals surface area contributed by atoms with Gasteiger partial charge in [-0.15, -0.1) is 20.4 Å². The summed E-state index contributed by atoms with van der Waals surface area (Å²) in [6.45, 7) is 6.22. The van der Waals surface area contributed by atoms with Crippen LogP contribution >= 0.6 is 0 Å². The van der Waals surface area contributed by atoms with Gasteiger partial charge in [0.1, 0.15) is 24.9 Å². The van der Waals surface area contributed by atoms with Gasteiger partial charge in [-0.3, -0.25) is 9.13 Å². The quantitative estimate of drug-likeness (QED) is 0.215. The summed E-state index contributed by atoms with van der Waals surface area (Å²) in [5, 5.41) is 24.0. The molecule has 4 heterocycles. The summed E-state index contributed by atoms with van der Waals surface area (Å²) in [6.07, 6.45) is 5.64. The number of rotatable bonds is 2. The van der Waals surface area contributed by atoms with Crippen molar-refractivity contribution in [1.29, 1.82) is 0 Å². The number of hydrogen-bond donors (Lipinski definition) is 1. The number of fused-ring (bicyclic) bond motifs is 8. The second-order valence-electron chi connectivity index (χ2n) is 12.9. The van der Waals surface area contributed by atoms with Gasteiger partial charge < -0.3 is 14.6 Å². The van der Waals surface area contributed by atoms with Crippen molar-refractivity contribution in [3.05, 3.63) is 159 Å². The summed E-state index contributed by atoms with van der Waals surface area (Å²) in [7, 11) is 1.00. The zero-order valence-electron chi connectivity index (χ0n) is 28.6. The van der Waals surface area contributed by atoms with Crippen LogP contribution in [0.25, 0.3) is 16.9 Å². The average Bonchev–Trinajstić information content (AvgIpc) is 3.90. The first-order valence-corrected chi connectivity index (χ1v) is 17.2. The van der Waals surface area contributed by atoms with Gasteiger partial charge in [0.25, 0.3) is 0 Å². The molecule has 0 bridgehead atoms. The Morgan fingerprint density at radius 3 is 1.92 bits per heavy atom. The minimum atomic E-state index is 0.457. The number of allylic oxidation sites excluding steroid dienone is 1. The van der Waals surface area contributed by atoms with Crippen LogP contribution in [0, 0.1) is 13.8 Å². The van der Waals surface area contributed by atoms with Crippen molar-refractivity contribution in [2.24, 2.45) is 0 Å². The third kappa shape index (κ3) is 5.48. The van der Waals surface area contributed by atoms with Crippen LogP contribution in [0.1, 0.15) is 80.1 Å². The second kappa shape index (κ2) is 13.6. The monoisotopic (exact) mass is 664 g/mol. The molecule has 0 saturated heterocycles. The van der Waals surface area contributed by atoms with E-state index in [0.717, 1.165) is 48.9 Å². The molecule has 2 aromatic heterocycles. The van der Waals surface area contributed by atoms with Gasteiger partial charge in [0.2, 0.25) is 0 Å². The lowest BCUT2D eigenvalue weighted by Gasteiger charge is -2.19. The van der Waals surface area contributed by atoms with E-state index in [1.807, 2.05) is 13.8 Å². The molecule has 9 nitrogen and oxygen atoms in total. The highest BCUT2D eigenvalue weighted by Gasteiger charge is 2.29. The Morgan fingerprint density at radius 1 is 0.600 bits per heavy atom. The molecule has 1 unspecified atom stereocenters. The fourth-order valence-corrected chi connectivity index (χ4v) is 8.01. The van der Waals surface area contributed by atoms with Gasteiger partial charge in [0.15, 0.2) is 11.6 Å². The van der Waals surface area contributed by atoms with Crippen molar-refractivity contribution in [3.8, 4) is 11.4 Å². The maximum atomic E-state index is 7.00. The molecule has 2 aliphatic heterocycles. The smallest absolute Gasteiger partial charge is 0.163 e. The number of aliphatic hydroxyl groups excluding tert-OH is 1. The number of nitrogens with zero attached hydrogens (tertiary/aromatic N) is 6. The largest absolute Gasteiger partial charge is 0.400 e. The van der Waals surface area contributed by atoms with Gasteiger partial charge in [0.05, 0.1) is 24.6 Å². The molecule has 0 spiro atoms. The molecule has 252 valence electrons. The van der Waals surface area contributed by atoms with Crippen molar-refractivity contribution < 1.29 is 14.6 Å². The Labute approximate surface area is 291 Å². The molecule has 9 heteroatoms. The molecule has 0 radical (unpaired) electrons. The van der Waals surface area contributed by atoms with Crippen LogP contribution in [-0.4, -0.2) is 41.7 Å². The zero-order valence-corrected chi connectivity index (χ0v) is 28.6. The summed E-state index contributed by atoms with van der Waals surface area (Å²) in [5.41, 5.74) is 14.4. The highest BCUT2D eigenvalue weighted by molar-refractivity contribution is 5.87. The van der Waals surface area contributed by atoms with Crippen LogP contribution in [0.4, 0.5) is 0 Å². The van der Waals surface area contributed by atoms with Crippen LogP contribution in [0.15, 0.2) is 91.0 Å². The van der Waals surface area contributed by atoms with E-state index in [1.165, 1.54) is 62.2 Å². The molecule has 4 aromatic carbocycles. The Hall–Kier alpha value is -5.22. The zero-order chi connectivity index (χ0) is 34.2. The minimum Gasteiger partial charge on any atom is -0.400 e. The van der Waals surface area contributed by atoms with E-state index in [9.17, 15) is 0 Å². The Kier molecular flexibility index (Phi) is 8.70. The highest BCUT2D eigenvalue weighted by Crippen LogP contribution is 2.42. The summed E-state index contributed by atoms with van der Waals surface area (Å²) in [6, 6.07) is 30.5. The maximum Gasteiger partial charge on any atom is 0.163 e. The topological polar surface area (TPSA) is 100 Å². The van der Waals surface area contributed by atoms with Crippen molar-refractivity contribution in [2.75, 3.05) is 7.11 Å². The van der Waals surface area contributed by atoms with Crippen LogP contribution in [-0.2, 0) is 48.7 Å². The van der Waals surface area contributed by atoms with Gasteiger partial charge >= 0.3 is 0 Å². The fourth-order valence-electron chi connectivity index (χ4n) is 8.01. The van der Waals surface area contributed by atoms with Gasteiger partial charge in [0, 0.05) is 24.2 Å². The molecule has 50 heavy (non-hydrogen) atoms. The molecular weight excluding hydrogens is 624 g/mol. The number of aryl methyl sites for hydroxylation is 3. The molecule has 0 fully saturated rings. The molecule has 1 atom stereocenters. The van der Waals surface area contributed by atoms with E-state index in [4.69, 9.17) is 14.6 Å². The predicted molar refractivity (Wildman–Crippen MR) is 191 cm³/mol. The molecule has 1 N–H and O–H groups in total. The average molecular weight is 665 g/mol. The van der Waals surface area contributed by atoms with Gasteiger partial charge in [-0.2, -0.15) is 0 Å². The van der Waals surface area contributed by atoms with E-state index < -0.39 is 0 Å². The van der Waals surface area contributed by atoms with E-state index >= 15 is 0 Å². The normalized spacial score (nSPS) is 16.4. The SMILES string of the molecule is CO.Cc1nnc2n1-c1cccc(C3=CCc4ccccc43)c1COC2.Cc1nnc2n1-c1cccc(C3CCc4ccccc43)c1COC2. The van der Waals surface area contributed by atoms with Crippen LogP contribution in [0.3, 0.4) is 0 Å². The van der Waals surface area contributed by atoms with Crippen molar-refractivity contribution in [2.45, 2.75) is 65.5 Å². The minimum absolute atomic E-state index is 0.457. The molecule has 2 aliphatic carbocycles. The summed E-state index contributed by atoms with van der Waals surface area (Å²) in [5.74, 6) is 4.02. The number of aromatic nitrogens is 6. The lowest BCUT2D eigenvalue weighted by Crippen LogP contribution is -2.07. The Balaban J connectivity index is 0.000000138. The number of benzene rings is 4. The molecule has 4 aliphatic rings. The van der Waals surface area contributed by atoms with E-state index in [-0.39, 0.29) is 0 Å². The van der Waals surface area contributed by atoms with E-state index in [0.29, 0.717) is 32.3 Å². The van der Waals surface area contributed by atoms with Crippen molar-refractivity contribution in [1.82, 2.24) is 29.5 Å². The van der Waals surface area contributed by atoms with Crippen LogP contribution < -0.4 is 0 Å². The number of aliphatic hydroxyl groups is 1. The molecule has 6 aromatic rings. The van der Waals surface area contributed by atoms with Crippen LogP contribution in [0.5, 0.6) is 0 Å². The van der Waals surface area contributed by atoms with Crippen LogP contribution in [0.2, 0.25) is 0 Å². The highest BCUT2D eigenvalue weighted by atomic mass is 16.5. The Bertz CT molecular complexity index is 2230. The molecule has 0 saturated carbocycles. The number of ether oxygens (including phenoxy) is 2. The van der Waals surface area contributed by atoms with Crippen molar-refractivity contribution >= 4 is 5.57 Å². The summed E-state index contributed by atoms with van der Waals surface area (Å²) < 4.78 is 16.1. The fraction of sp³-hybridized carbons (Fsp3) is 0.268. The van der Waals surface area contributed by atoms with E-state index in [1.54, 1.807) is 0 Å². The van der Waals surface area contributed by atoms with Gasteiger partial charge in [-0.25, -0.2) is 0 Å². The lowest BCUT2D eigenvalue weighted by atomic mass is 9.89. The number of hydrogen-bond acceptors (Lipinski definition) is 7. The molecule has 0 amide bonds. The first-order chi connectivity index (χ1) is 24.7. The summed E-state index contributed by atoms with van der Waals surface area (Å²) in [4.78, 5) is 0. The summed E-state index contributed by atoms with van der Waals surface area (Å²) >= 11 is 0.